The number of hydrogen-bond donors (Lipinski definition) is 1. The molecular formula is C17H26N3O3S+. The van der Waals surface area contributed by atoms with Crippen molar-refractivity contribution in [1.29, 1.82) is 0 Å². The standard InChI is InChI=1S/C17H25N3O3S/c1-18-11-13-19(14-12-18)17(21)15-5-7-16(8-6-15)24(22,23)20-9-3-2-4-10-20/h5-8H,2-4,9-14H2,1H3/p+1. The van der Waals surface area contributed by atoms with Crippen LogP contribution in [0.3, 0.4) is 0 Å². The number of likely N-dealkylation sites (N-methyl/N-ethyl adjacent to an activating group) is 1. The Labute approximate surface area is 144 Å². The van der Waals surface area contributed by atoms with Gasteiger partial charge in [0.05, 0.1) is 38.1 Å². The van der Waals surface area contributed by atoms with Crippen LogP contribution in [0.1, 0.15) is 29.6 Å². The molecule has 7 heteroatoms. The summed E-state index contributed by atoms with van der Waals surface area (Å²) >= 11 is 0. The minimum absolute atomic E-state index is 0.00980. The third kappa shape index (κ3) is 3.63. The summed E-state index contributed by atoms with van der Waals surface area (Å²) in [5, 5.41) is 0. The van der Waals surface area contributed by atoms with E-state index < -0.39 is 10.0 Å². The number of piperazine rings is 1. The SMILES string of the molecule is C[NH+]1CCN(C(=O)c2ccc(S(=O)(=O)N3CCCCC3)cc2)CC1. The molecule has 0 atom stereocenters. The molecule has 0 saturated carbocycles. The second-order valence-corrected chi connectivity index (χ2v) is 8.68. The Hall–Kier alpha value is -1.44. The van der Waals surface area contributed by atoms with Crippen LogP contribution in [-0.4, -0.2) is 69.8 Å². The number of amides is 1. The molecule has 0 radical (unpaired) electrons. The van der Waals surface area contributed by atoms with Crippen LogP contribution < -0.4 is 4.90 Å². The van der Waals surface area contributed by atoms with Crippen molar-refractivity contribution >= 4 is 15.9 Å². The maximum absolute atomic E-state index is 12.6. The number of benzene rings is 1. The highest BCUT2D eigenvalue weighted by Gasteiger charge is 2.27. The summed E-state index contributed by atoms with van der Waals surface area (Å²) < 4.78 is 26.8. The van der Waals surface area contributed by atoms with Crippen LogP contribution in [0.15, 0.2) is 29.2 Å². The van der Waals surface area contributed by atoms with E-state index in [1.165, 1.54) is 4.90 Å². The molecule has 2 aliphatic rings. The molecule has 1 aromatic rings. The van der Waals surface area contributed by atoms with E-state index in [4.69, 9.17) is 0 Å². The van der Waals surface area contributed by atoms with Gasteiger partial charge in [0.25, 0.3) is 5.91 Å². The molecule has 1 aromatic carbocycles. The molecule has 0 aromatic heterocycles. The van der Waals surface area contributed by atoms with Crippen molar-refractivity contribution < 1.29 is 18.1 Å². The largest absolute Gasteiger partial charge is 0.334 e. The first-order valence-corrected chi connectivity index (χ1v) is 10.1. The minimum atomic E-state index is -3.43. The third-order valence-corrected chi connectivity index (χ3v) is 6.87. The van der Waals surface area contributed by atoms with Gasteiger partial charge in [-0.15, -0.1) is 0 Å². The van der Waals surface area contributed by atoms with E-state index in [9.17, 15) is 13.2 Å². The van der Waals surface area contributed by atoms with E-state index in [2.05, 4.69) is 7.05 Å². The van der Waals surface area contributed by atoms with Crippen molar-refractivity contribution in [1.82, 2.24) is 9.21 Å². The van der Waals surface area contributed by atoms with Crippen LogP contribution in [-0.2, 0) is 10.0 Å². The summed E-state index contributed by atoms with van der Waals surface area (Å²) in [7, 11) is -1.30. The smallest absolute Gasteiger partial charge is 0.254 e. The maximum atomic E-state index is 12.6. The molecule has 0 spiro atoms. The van der Waals surface area contributed by atoms with Gasteiger partial charge in [-0.1, -0.05) is 6.42 Å². The predicted molar refractivity (Wildman–Crippen MR) is 91.6 cm³/mol. The molecule has 0 unspecified atom stereocenters. The van der Waals surface area contributed by atoms with Gasteiger partial charge in [-0.3, -0.25) is 4.79 Å². The van der Waals surface area contributed by atoms with Crippen molar-refractivity contribution in [3.05, 3.63) is 29.8 Å². The number of rotatable bonds is 3. The Kier molecular flexibility index (Phi) is 5.22. The van der Waals surface area contributed by atoms with Crippen LogP contribution in [0, 0.1) is 0 Å². The molecule has 2 heterocycles. The number of nitrogens with one attached hydrogen (secondary N) is 1. The van der Waals surface area contributed by atoms with Crippen LogP contribution >= 0.6 is 0 Å². The maximum Gasteiger partial charge on any atom is 0.254 e. The lowest BCUT2D eigenvalue weighted by Crippen LogP contribution is -3.12. The second-order valence-electron chi connectivity index (χ2n) is 6.74. The highest BCUT2D eigenvalue weighted by atomic mass is 32.2. The summed E-state index contributed by atoms with van der Waals surface area (Å²) in [5.74, 6) is -0.00980. The molecule has 2 aliphatic heterocycles. The molecule has 6 nitrogen and oxygen atoms in total. The van der Waals surface area contributed by atoms with Crippen LogP contribution in [0.5, 0.6) is 0 Å². The second kappa shape index (κ2) is 7.21. The number of carbonyl (C=O) groups is 1. The number of hydrogen-bond acceptors (Lipinski definition) is 3. The zero-order valence-electron chi connectivity index (χ0n) is 14.2. The zero-order chi connectivity index (χ0) is 17.2. The van der Waals surface area contributed by atoms with Gasteiger partial charge >= 0.3 is 0 Å². The Morgan fingerprint density at radius 3 is 2.12 bits per heavy atom. The molecule has 1 amide bonds. The van der Waals surface area contributed by atoms with E-state index >= 15 is 0 Å². The first-order valence-electron chi connectivity index (χ1n) is 8.69. The molecule has 2 fully saturated rings. The van der Waals surface area contributed by atoms with Gasteiger partial charge in [0, 0.05) is 18.7 Å². The molecule has 24 heavy (non-hydrogen) atoms. The summed E-state index contributed by atoms with van der Waals surface area (Å²) in [6.07, 6.45) is 2.93. The number of sulfonamides is 1. The summed E-state index contributed by atoms with van der Waals surface area (Å²) in [6.45, 7) is 4.58. The van der Waals surface area contributed by atoms with Crippen molar-refractivity contribution in [3.8, 4) is 0 Å². The van der Waals surface area contributed by atoms with Crippen molar-refractivity contribution in [2.24, 2.45) is 0 Å². The van der Waals surface area contributed by atoms with Gasteiger partial charge in [0.1, 0.15) is 0 Å². The Morgan fingerprint density at radius 1 is 0.958 bits per heavy atom. The number of nitrogens with zero attached hydrogens (tertiary/aromatic N) is 2. The normalized spacial score (nSPS) is 21.0. The highest BCUT2D eigenvalue weighted by molar-refractivity contribution is 7.89. The topological polar surface area (TPSA) is 62.1 Å². The van der Waals surface area contributed by atoms with Gasteiger partial charge in [-0.25, -0.2) is 8.42 Å². The van der Waals surface area contributed by atoms with Gasteiger partial charge in [0.2, 0.25) is 10.0 Å². The minimum Gasteiger partial charge on any atom is -0.334 e. The molecule has 0 aliphatic carbocycles. The number of piperidine rings is 1. The first-order chi connectivity index (χ1) is 11.5. The Bertz CT molecular complexity index is 674. The average Bonchev–Trinajstić information content (AvgIpc) is 2.62. The van der Waals surface area contributed by atoms with E-state index in [-0.39, 0.29) is 10.8 Å². The Balaban J connectivity index is 1.72. The monoisotopic (exact) mass is 352 g/mol. The predicted octanol–water partition coefficient (Wildman–Crippen LogP) is -0.168. The van der Waals surface area contributed by atoms with Gasteiger partial charge in [-0.2, -0.15) is 4.31 Å². The fourth-order valence-corrected chi connectivity index (χ4v) is 4.81. The van der Waals surface area contributed by atoms with E-state index in [0.29, 0.717) is 18.7 Å². The van der Waals surface area contributed by atoms with E-state index in [1.54, 1.807) is 28.6 Å². The molecule has 1 N–H and O–H groups in total. The third-order valence-electron chi connectivity index (χ3n) is 4.96. The number of carbonyl (C=O) groups excluding carboxylic acids is 1. The van der Waals surface area contributed by atoms with Crippen molar-refractivity contribution in [2.45, 2.75) is 24.2 Å². The summed E-state index contributed by atoms with van der Waals surface area (Å²) in [5.41, 5.74) is 0.562. The van der Waals surface area contributed by atoms with E-state index in [1.807, 2.05) is 4.90 Å². The van der Waals surface area contributed by atoms with Gasteiger partial charge in [0.15, 0.2) is 0 Å². The summed E-state index contributed by atoms with van der Waals surface area (Å²) in [6, 6.07) is 6.42. The van der Waals surface area contributed by atoms with E-state index in [0.717, 1.165) is 45.4 Å². The fraction of sp³-hybridized carbons (Fsp3) is 0.588. The van der Waals surface area contributed by atoms with Crippen LogP contribution in [0.4, 0.5) is 0 Å². The fourth-order valence-electron chi connectivity index (χ4n) is 3.30. The number of quaternary nitrogens is 1. The lowest BCUT2D eigenvalue weighted by molar-refractivity contribution is -0.883. The van der Waals surface area contributed by atoms with Gasteiger partial charge in [-0.05, 0) is 37.1 Å². The molecule has 2 saturated heterocycles. The molecule has 132 valence electrons. The molecular weight excluding hydrogens is 326 g/mol. The van der Waals surface area contributed by atoms with Crippen LogP contribution in [0.2, 0.25) is 0 Å². The quantitative estimate of drug-likeness (QED) is 0.822. The summed E-state index contributed by atoms with van der Waals surface area (Å²) in [4.78, 5) is 16.1. The lowest BCUT2D eigenvalue weighted by Gasteiger charge is -2.30. The van der Waals surface area contributed by atoms with Crippen molar-refractivity contribution in [3.63, 3.8) is 0 Å². The lowest BCUT2D eigenvalue weighted by atomic mass is 10.2. The first kappa shape index (κ1) is 17.4. The molecule has 0 bridgehead atoms. The highest BCUT2D eigenvalue weighted by Crippen LogP contribution is 2.21. The Morgan fingerprint density at radius 2 is 1.54 bits per heavy atom. The zero-order valence-corrected chi connectivity index (χ0v) is 15.0. The van der Waals surface area contributed by atoms with Gasteiger partial charge < -0.3 is 9.80 Å². The van der Waals surface area contributed by atoms with Crippen molar-refractivity contribution in [2.75, 3.05) is 46.3 Å². The van der Waals surface area contributed by atoms with Crippen LogP contribution in [0.25, 0.3) is 0 Å². The average molecular weight is 352 g/mol. The molecule has 3 rings (SSSR count).